The quantitative estimate of drug-likeness (QED) is 0.604. The predicted octanol–water partition coefficient (Wildman–Crippen LogP) is 4.66. The van der Waals surface area contributed by atoms with Gasteiger partial charge in [0.15, 0.2) is 16.6 Å². The van der Waals surface area contributed by atoms with Gasteiger partial charge in [-0.15, -0.1) is 11.3 Å². The second-order valence-corrected chi connectivity index (χ2v) is 6.89. The van der Waals surface area contributed by atoms with Gasteiger partial charge in [0.2, 0.25) is 6.79 Å². The Morgan fingerprint density at radius 2 is 2.07 bits per heavy atom. The van der Waals surface area contributed by atoms with Crippen LogP contribution in [0.15, 0.2) is 47.8 Å². The molecule has 7 nitrogen and oxygen atoms in total. The summed E-state index contributed by atoms with van der Waals surface area (Å²) in [5.74, 6) is 1.76. The molecule has 0 bridgehead atoms. The smallest absolute Gasteiger partial charge is 0.275 e. The lowest BCUT2D eigenvalue weighted by Gasteiger charge is -2.11. The first-order chi connectivity index (χ1) is 13.7. The number of ether oxygens (including phenoxy) is 3. The number of hydrogen-bond donors (Lipinski definition) is 2. The van der Waals surface area contributed by atoms with Crippen LogP contribution in [-0.2, 0) is 0 Å². The van der Waals surface area contributed by atoms with Crippen molar-refractivity contribution in [2.45, 2.75) is 13.3 Å². The number of carbonyl (C=O) groups excluding carboxylic acids is 1. The molecule has 0 fully saturated rings. The number of nitrogens with zero attached hydrogens (tertiary/aromatic N) is 1. The largest absolute Gasteiger partial charge is 0.491 e. The fourth-order valence-electron chi connectivity index (χ4n) is 2.63. The number of carbonyl (C=O) groups is 1. The zero-order valence-corrected chi connectivity index (χ0v) is 16.0. The van der Waals surface area contributed by atoms with Crippen LogP contribution in [0, 0.1) is 0 Å². The highest BCUT2D eigenvalue weighted by molar-refractivity contribution is 7.14. The van der Waals surface area contributed by atoms with Crippen LogP contribution in [0.25, 0.3) is 0 Å². The summed E-state index contributed by atoms with van der Waals surface area (Å²) < 4.78 is 16.4. The van der Waals surface area contributed by atoms with Crippen LogP contribution in [0.4, 0.5) is 16.5 Å². The van der Waals surface area contributed by atoms with Crippen molar-refractivity contribution in [1.29, 1.82) is 0 Å². The number of para-hydroxylation sites is 2. The number of nitrogens with one attached hydrogen (secondary N) is 2. The van der Waals surface area contributed by atoms with Gasteiger partial charge in [-0.05, 0) is 30.7 Å². The van der Waals surface area contributed by atoms with E-state index in [-0.39, 0.29) is 12.7 Å². The van der Waals surface area contributed by atoms with Gasteiger partial charge >= 0.3 is 0 Å². The average molecular weight is 397 g/mol. The molecular weight excluding hydrogens is 378 g/mol. The van der Waals surface area contributed by atoms with E-state index in [2.05, 4.69) is 15.6 Å². The van der Waals surface area contributed by atoms with E-state index in [1.165, 1.54) is 11.3 Å². The van der Waals surface area contributed by atoms with Crippen LogP contribution in [0.2, 0.25) is 0 Å². The zero-order valence-electron chi connectivity index (χ0n) is 15.2. The molecule has 2 heterocycles. The van der Waals surface area contributed by atoms with Crippen molar-refractivity contribution in [1.82, 2.24) is 4.98 Å². The molecule has 0 radical (unpaired) electrons. The van der Waals surface area contributed by atoms with E-state index in [1.54, 1.807) is 11.4 Å². The predicted molar refractivity (Wildman–Crippen MR) is 108 cm³/mol. The lowest BCUT2D eigenvalue weighted by Crippen LogP contribution is -2.13. The molecule has 3 aromatic rings. The number of benzene rings is 2. The highest BCUT2D eigenvalue weighted by Gasteiger charge is 2.16. The van der Waals surface area contributed by atoms with Gasteiger partial charge in [-0.3, -0.25) is 4.79 Å². The number of fused-ring (bicyclic) bond motifs is 1. The van der Waals surface area contributed by atoms with Crippen molar-refractivity contribution in [2.24, 2.45) is 0 Å². The molecule has 0 saturated carbocycles. The van der Waals surface area contributed by atoms with Gasteiger partial charge in [-0.1, -0.05) is 19.1 Å². The van der Waals surface area contributed by atoms with Crippen molar-refractivity contribution in [2.75, 3.05) is 24.0 Å². The maximum atomic E-state index is 12.6. The van der Waals surface area contributed by atoms with Gasteiger partial charge < -0.3 is 24.8 Å². The molecule has 28 heavy (non-hydrogen) atoms. The molecule has 1 aromatic heterocycles. The van der Waals surface area contributed by atoms with E-state index in [1.807, 2.05) is 43.3 Å². The summed E-state index contributed by atoms with van der Waals surface area (Å²) in [5, 5.41) is 8.36. The van der Waals surface area contributed by atoms with E-state index < -0.39 is 0 Å². The fourth-order valence-corrected chi connectivity index (χ4v) is 3.34. The minimum atomic E-state index is -0.289. The van der Waals surface area contributed by atoms with Crippen molar-refractivity contribution in [3.63, 3.8) is 0 Å². The zero-order chi connectivity index (χ0) is 19.3. The minimum absolute atomic E-state index is 0.226. The maximum Gasteiger partial charge on any atom is 0.275 e. The Balaban J connectivity index is 1.43. The standard InChI is InChI=1S/C20H19N3O4S/c1-2-9-25-16-6-4-3-5-14(16)22-19(24)15-11-28-20(23-15)21-13-7-8-17-18(10-13)27-12-26-17/h3-8,10-11H,2,9,12H2,1H3,(H,21,23)(H,22,24). The summed E-state index contributed by atoms with van der Waals surface area (Å²) in [6.45, 7) is 2.85. The fraction of sp³-hybridized carbons (Fsp3) is 0.200. The van der Waals surface area contributed by atoms with Gasteiger partial charge in [0.25, 0.3) is 5.91 Å². The lowest BCUT2D eigenvalue weighted by molar-refractivity contribution is 0.102. The van der Waals surface area contributed by atoms with Crippen LogP contribution < -0.4 is 24.8 Å². The molecule has 1 amide bonds. The van der Waals surface area contributed by atoms with Gasteiger partial charge in [-0.2, -0.15) is 0 Å². The van der Waals surface area contributed by atoms with Crippen LogP contribution in [0.5, 0.6) is 17.2 Å². The summed E-state index contributed by atoms with van der Waals surface area (Å²) in [4.78, 5) is 16.9. The normalized spacial score (nSPS) is 11.9. The first-order valence-electron chi connectivity index (χ1n) is 8.88. The van der Waals surface area contributed by atoms with Crippen LogP contribution >= 0.6 is 11.3 Å². The van der Waals surface area contributed by atoms with Crippen LogP contribution in [0.1, 0.15) is 23.8 Å². The molecule has 2 N–H and O–H groups in total. The van der Waals surface area contributed by atoms with E-state index in [9.17, 15) is 4.79 Å². The Morgan fingerprint density at radius 1 is 1.21 bits per heavy atom. The Labute approximate surface area is 166 Å². The molecule has 2 aromatic carbocycles. The molecule has 4 rings (SSSR count). The number of rotatable bonds is 7. The van der Waals surface area contributed by atoms with Crippen LogP contribution in [0.3, 0.4) is 0 Å². The highest BCUT2D eigenvalue weighted by Crippen LogP contribution is 2.35. The van der Waals surface area contributed by atoms with E-state index in [0.29, 0.717) is 40.4 Å². The van der Waals surface area contributed by atoms with Gasteiger partial charge in [0.1, 0.15) is 11.4 Å². The average Bonchev–Trinajstić information content (AvgIpc) is 3.36. The Morgan fingerprint density at radius 3 is 2.96 bits per heavy atom. The number of thiazole rings is 1. The maximum absolute atomic E-state index is 12.6. The van der Waals surface area contributed by atoms with Crippen molar-refractivity contribution in [3.05, 3.63) is 53.5 Å². The van der Waals surface area contributed by atoms with E-state index in [4.69, 9.17) is 14.2 Å². The van der Waals surface area contributed by atoms with Crippen molar-refractivity contribution >= 4 is 33.8 Å². The summed E-state index contributed by atoms with van der Waals surface area (Å²) in [6, 6.07) is 12.9. The third-order valence-corrected chi connectivity index (χ3v) is 4.72. The summed E-state index contributed by atoms with van der Waals surface area (Å²) in [5.41, 5.74) is 1.77. The van der Waals surface area contributed by atoms with E-state index in [0.717, 1.165) is 12.1 Å². The summed E-state index contributed by atoms with van der Waals surface area (Å²) in [7, 11) is 0. The molecular formula is C20H19N3O4S. The minimum Gasteiger partial charge on any atom is -0.491 e. The molecule has 1 aliphatic heterocycles. The Kier molecular flexibility index (Phi) is 5.29. The van der Waals surface area contributed by atoms with Gasteiger partial charge in [0.05, 0.1) is 12.3 Å². The third kappa shape index (κ3) is 4.01. The number of amides is 1. The third-order valence-electron chi connectivity index (χ3n) is 3.96. The summed E-state index contributed by atoms with van der Waals surface area (Å²) in [6.07, 6.45) is 0.892. The molecule has 144 valence electrons. The summed E-state index contributed by atoms with van der Waals surface area (Å²) >= 11 is 1.35. The molecule has 8 heteroatoms. The number of aromatic nitrogens is 1. The monoisotopic (exact) mass is 397 g/mol. The second-order valence-electron chi connectivity index (χ2n) is 6.03. The molecule has 0 saturated heterocycles. The topological polar surface area (TPSA) is 81.7 Å². The van der Waals surface area contributed by atoms with Crippen LogP contribution in [-0.4, -0.2) is 24.3 Å². The molecule has 0 atom stereocenters. The molecule has 0 spiro atoms. The first-order valence-corrected chi connectivity index (χ1v) is 9.76. The van der Waals surface area contributed by atoms with Crippen molar-refractivity contribution in [3.8, 4) is 17.2 Å². The van der Waals surface area contributed by atoms with Gasteiger partial charge in [-0.25, -0.2) is 4.98 Å². The van der Waals surface area contributed by atoms with E-state index >= 15 is 0 Å². The Bertz CT molecular complexity index is 989. The Hall–Kier alpha value is -3.26. The number of anilines is 3. The van der Waals surface area contributed by atoms with Crippen molar-refractivity contribution < 1.29 is 19.0 Å². The number of hydrogen-bond acceptors (Lipinski definition) is 7. The second kappa shape index (κ2) is 8.18. The highest BCUT2D eigenvalue weighted by atomic mass is 32.1. The molecule has 0 aliphatic carbocycles. The first kappa shape index (κ1) is 18.1. The van der Waals surface area contributed by atoms with Gasteiger partial charge in [0, 0.05) is 17.1 Å². The molecule has 0 unspecified atom stereocenters. The SMILES string of the molecule is CCCOc1ccccc1NC(=O)c1csc(Nc2ccc3c(c2)OCO3)n1. The lowest BCUT2D eigenvalue weighted by atomic mass is 10.3. The molecule has 1 aliphatic rings.